The number of anilines is 2. The lowest BCUT2D eigenvalue weighted by Crippen LogP contribution is -2.44. The zero-order chi connectivity index (χ0) is 14.0. The van der Waals surface area contributed by atoms with Crippen molar-refractivity contribution >= 4 is 11.6 Å². The van der Waals surface area contributed by atoms with Gasteiger partial charge in [-0.05, 0) is 0 Å². The minimum absolute atomic E-state index is 0.0171. The number of hydrogen-bond acceptors (Lipinski definition) is 6. The van der Waals surface area contributed by atoms with Gasteiger partial charge < -0.3 is 20.5 Å². The SMILES string of the molecule is CC(C)(C)c1nc(N)cc(N2CCOC(CO)C2)n1. The first-order valence-corrected chi connectivity index (χ1v) is 6.52. The van der Waals surface area contributed by atoms with Gasteiger partial charge in [-0.3, -0.25) is 0 Å². The quantitative estimate of drug-likeness (QED) is 0.813. The lowest BCUT2D eigenvalue weighted by molar-refractivity contribution is 0.00334. The van der Waals surface area contributed by atoms with E-state index >= 15 is 0 Å². The van der Waals surface area contributed by atoms with Crippen molar-refractivity contribution in [3.05, 3.63) is 11.9 Å². The van der Waals surface area contributed by atoms with Crippen LogP contribution in [0.1, 0.15) is 26.6 Å². The van der Waals surface area contributed by atoms with Crippen LogP contribution in [0, 0.1) is 0 Å². The molecule has 1 aromatic heterocycles. The highest BCUT2D eigenvalue weighted by atomic mass is 16.5. The molecule has 1 fully saturated rings. The Kier molecular flexibility index (Phi) is 3.91. The van der Waals surface area contributed by atoms with E-state index in [0.717, 1.165) is 18.2 Å². The number of morpholine rings is 1. The summed E-state index contributed by atoms with van der Waals surface area (Å²) in [7, 11) is 0. The van der Waals surface area contributed by atoms with Crippen LogP contribution >= 0.6 is 0 Å². The normalized spacial score (nSPS) is 20.6. The van der Waals surface area contributed by atoms with E-state index in [0.29, 0.717) is 19.0 Å². The lowest BCUT2D eigenvalue weighted by Gasteiger charge is -2.33. The minimum atomic E-state index is -0.164. The molecule has 3 N–H and O–H groups in total. The molecule has 1 atom stereocenters. The third-order valence-electron chi connectivity index (χ3n) is 3.07. The average Bonchev–Trinajstić information content (AvgIpc) is 2.37. The van der Waals surface area contributed by atoms with Crippen LogP contribution in [0.4, 0.5) is 11.6 Å². The molecule has 2 heterocycles. The third-order valence-corrected chi connectivity index (χ3v) is 3.07. The molecule has 6 nitrogen and oxygen atoms in total. The highest BCUT2D eigenvalue weighted by molar-refractivity contribution is 5.48. The second-order valence-electron chi connectivity index (χ2n) is 5.85. The molecule has 6 heteroatoms. The number of hydrogen-bond donors (Lipinski definition) is 2. The maximum Gasteiger partial charge on any atom is 0.138 e. The van der Waals surface area contributed by atoms with Crippen molar-refractivity contribution in [1.82, 2.24) is 9.97 Å². The summed E-state index contributed by atoms with van der Waals surface area (Å²) in [6, 6.07) is 1.77. The van der Waals surface area contributed by atoms with Crippen LogP contribution in [0.2, 0.25) is 0 Å². The van der Waals surface area contributed by atoms with Gasteiger partial charge in [0.2, 0.25) is 0 Å². The molecule has 1 unspecified atom stereocenters. The Morgan fingerprint density at radius 3 is 2.84 bits per heavy atom. The number of nitrogen functional groups attached to an aromatic ring is 1. The van der Waals surface area contributed by atoms with Crippen LogP contribution in [0.25, 0.3) is 0 Å². The summed E-state index contributed by atoms with van der Waals surface area (Å²) < 4.78 is 5.44. The van der Waals surface area contributed by atoms with Crippen molar-refractivity contribution in [2.45, 2.75) is 32.3 Å². The summed E-state index contributed by atoms with van der Waals surface area (Å²) in [6.07, 6.45) is -0.164. The van der Waals surface area contributed by atoms with Gasteiger partial charge in [0.15, 0.2) is 0 Å². The van der Waals surface area contributed by atoms with E-state index in [1.165, 1.54) is 0 Å². The highest BCUT2D eigenvalue weighted by Crippen LogP contribution is 2.24. The van der Waals surface area contributed by atoms with Crippen LogP contribution in [0.5, 0.6) is 0 Å². The summed E-state index contributed by atoms with van der Waals surface area (Å²) >= 11 is 0. The standard InChI is InChI=1S/C13H22N4O2/c1-13(2,3)12-15-10(14)6-11(16-12)17-4-5-19-9(7-17)8-18/h6,9,18H,4-5,7-8H2,1-3H3,(H2,14,15,16). The molecule has 0 bridgehead atoms. The molecule has 0 aromatic carbocycles. The molecule has 0 spiro atoms. The topological polar surface area (TPSA) is 84.5 Å². The molecular weight excluding hydrogens is 244 g/mol. The van der Waals surface area contributed by atoms with E-state index in [1.54, 1.807) is 6.07 Å². The van der Waals surface area contributed by atoms with E-state index in [2.05, 4.69) is 35.6 Å². The van der Waals surface area contributed by atoms with E-state index < -0.39 is 0 Å². The van der Waals surface area contributed by atoms with Crippen molar-refractivity contribution < 1.29 is 9.84 Å². The van der Waals surface area contributed by atoms with E-state index in [9.17, 15) is 5.11 Å². The predicted octanol–water partition coefficient (Wildman–Crippen LogP) is 0.554. The number of nitrogens with zero attached hydrogens (tertiary/aromatic N) is 3. The monoisotopic (exact) mass is 266 g/mol. The largest absolute Gasteiger partial charge is 0.394 e. The Morgan fingerprint density at radius 2 is 2.21 bits per heavy atom. The fourth-order valence-corrected chi connectivity index (χ4v) is 1.99. The fourth-order valence-electron chi connectivity index (χ4n) is 1.99. The second-order valence-corrected chi connectivity index (χ2v) is 5.85. The summed E-state index contributed by atoms with van der Waals surface area (Å²) in [5, 5.41) is 9.19. The number of aliphatic hydroxyl groups excluding tert-OH is 1. The maximum atomic E-state index is 9.19. The number of nitrogens with two attached hydrogens (primary N) is 1. The fraction of sp³-hybridized carbons (Fsp3) is 0.692. The summed E-state index contributed by atoms with van der Waals surface area (Å²) in [5.41, 5.74) is 5.73. The molecule has 1 aliphatic rings. The molecule has 0 saturated carbocycles. The van der Waals surface area contributed by atoms with Crippen LogP contribution in [0.3, 0.4) is 0 Å². The molecule has 19 heavy (non-hydrogen) atoms. The lowest BCUT2D eigenvalue weighted by atomic mass is 9.96. The van der Waals surface area contributed by atoms with Gasteiger partial charge in [0.25, 0.3) is 0 Å². The number of aliphatic hydroxyl groups is 1. The van der Waals surface area contributed by atoms with Gasteiger partial charge in [-0.2, -0.15) is 0 Å². The number of aromatic nitrogens is 2. The average molecular weight is 266 g/mol. The maximum absolute atomic E-state index is 9.19. The molecule has 1 aromatic rings. The Balaban J connectivity index is 2.26. The molecular formula is C13H22N4O2. The van der Waals surface area contributed by atoms with Gasteiger partial charge in [0, 0.05) is 24.6 Å². The zero-order valence-corrected chi connectivity index (χ0v) is 11.8. The van der Waals surface area contributed by atoms with E-state index in [-0.39, 0.29) is 18.1 Å². The van der Waals surface area contributed by atoms with Gasteiger partial charge in [0.1, 0.15) is 17.5 Å². The Labute approximate surface area is 113 Å². The van der Waals surface area contributed by atoms with Gasteiger partial charge in [-0.15, -0.1) is 0 Å². The highest BCUT2D eigenvalue weighted by Gasteiger charge is 2.24. The molecule has 0 amide bonds. The number of ether oxygens (including phenoxy) is 1. The van der Waals surface area contributed by atoms with Crippen molar-refractivity contribution in [2.75, 3.05) is 36.9 Å². The first-order chi connectivity index (χ1) is 8.90. The van der Waals surface area contributed by atoms with Crippen molar-refractivity contribution in [3.8, 4) is 0 Å². The van der Waals surface area contributed by atoms with Crippen LogP contribution < -0.4 is 10.6 Å². The Hall–Kier alpha value is -1.40. The molecule has 0 radical (unpaired) electrons. The van der Waals surface area contributed by atoms with E-state index in [4.69, 9.17) is 10.5 Å². The smallest absolute Gasteiger partial charge is 0.138 e. The first-order valence-electron chi connectivity index (χ1n) is 6.52. The Morgan fingerprint density at radius 1 is 1.47 bits per heavy atom. The van der Waals surface area contributed by atoms with Crippen molar-refractivity contribution in [3.63, 3.8) is 0 Å². The van der Waals surface area contributed by atoms with Gasteiger partial charge >= 0.3 is 0 Å². The van der Waals surface area contributed by atoms with E-state index in [1.807, 2.05) is 0 Å². The van der Waals surface area contributed by atoms with Crippen LogP contribution in [-0.4, -0.2) is 47.5 Å². The second kappa shape index (κ2) is 5.30. The van der Waals surface area contributed by atoms with Gasteiger partial charge in [-0.25, -0.2) is 9.97 Å². The van der Waals surface area contributed by atoms with Gasteiger partial charge in [0.05, 0.1) is 19.3 Å². The molecule has 106 valence electrons. The Bertz CT molecular complexity index is 445. The molecule has 1 saturated heterocycles. The molecule has 0 aliphatic carbocycles. The molecule has 2 rings (SSSR count). The zero-order valence-electron chi connectivity index (χ0n) is 11.8. The van der Waals surface area contributed by atoms with Crippen molar-refractivity contribution in [1.29, 1.82) is 0 Å². The molecule has 1 aliphatic heterocycles. The summed E-state index contributed by atoms with van der Waals surface area (Å²) in [6.45, 7) is 8.14. The summed E-state index contributed by atoms with van der Waals surface area (Å²) in [5.74, 6) is 2.01. The summed E-state index contributed by atoms with van der Waals surface area (Å²) in [4.78, 5) is 11.0. The van der Waals surface area contributed by atoms with Crippen molar-refractivity contribution in [2.24, 2.45) is 0 Å². The van der Waals surface area contributed by atoms with Crippen LogP contribution in [0.15, 0.2) is 6.07 Å². The van der Waals surface area contributed by atoms with Crippen LogP contribution in [-0.2, 0) is 10.2 Å². The first kappa shape index (κ1) is 14.0. The minimum Gasteiger partial charge on any atom is -0.394 e. The third kappa shape index (κ3) is 3.33. The number of rotatable bonds is 2. The predicted molar refractivity (Wildman–Crippen MR) is 74.2 cm³/mol. The van der Waals surface area contributed by atoms with Gasteiger partial charge in [-0.1, -0.05) is 20.8 Å².